The maximum atomic E-state index is 10.9. The molecule has 2 heteroatoms. The number of hydrogen-bond donors (Lipinski definition) is 0. The predicted molar refractivity (Wildman–Crippen MR) is 36.4 cm³/mol. The highest BCUT2D eigenvalue weighted by Crippen LogP contribution is 2.17. The lowest BCUT2D eigenvalue weighted by Gasteiger charge is -2.19. The van der Waals surface area contributed by atoms with Gasteiger partial charge in [-0.05, 0) is 20.3 Å². The Morgan fingerprint density at radius 3 is 2.00 bits per heavy atom. The Bertz CT molecular complexity index is 65.4. The normalized spacial score (nSPS) is 16.1. The molecule has 0 spiro atoms. The van der Waals surface area contributed by atoms with Crippen LogP contribution in [-0.4, -0.2) is 10.9 Å². The van der Waals surface area contributed by atoms with Gasteiger partial charge in [0.15, 0.2) is 0 Å². The summed E-state index contributed by atoms with van der Waals surface area (Å²) >= 11 is 4.86. The van der Waals surface area contributed by atoms with Gasteiger partial charge in [0.05, 0.1) is 0 Å². The molecular formula is C6H12OS. The summed E-state index contributed by atoms with van der Waals surface area (Å²) in [6.45, 7) is 5.21. The van der Waals surface area contributed by atoms with Crippen molar-refractivity contribution in [2.45, 2.75) is 38.0 Å². The van der Waals surface area contributed by atoms with E-state index in [-0.39, 0.29) is 5.25 Å². The lowest BCUT2D eigenvalue weighted by Crippen LogP contribution is -2.29. The van der Waals surface area contributed by atoms with E-state index >= 15 is 0 Å². The average molecular weight is 132 g/mol. The first kappa shape index (κ1) is 8.31. The summed E-state index contributed by atoms with van der Waals surface area (Å²) in [5.74, 6) is 0. The molecule has 0 aromatic heterocycles. The Kier molecular flexibility index (Phi) is 2.84. The van der Waals surface area contributed by atoms with Crippen molar-refractivity contribution in [1.29, 1.82) is 0 Å². The first-order valence-corrected chi connectivity index (χ1v) is 3.32. The lowest BCUT2D eigenvalue weighted by atomic mass is 10.0. The van der Waals surface area contributed by atoms with Crippen molar-refractivity contribution in [3.8, 4) is 0 Å². The summed E-state index contributed by atoms with van der Waals surface area (Å²) < 4.78 is 0. The SMILES string of the molecule is CCC([S])C(C)(C)[O]. The summed E-state index contributed by atoms with van der Waals surface area (Å²) in [6, 6.07) is 0. The Hall–Kier alpha value is 0.310. The molecule has 0 aliphatic heterocycles. The van der Waals surface area contributed by atoms with E-state index in [0.717, 1.165) is 6.42 Å². The summed E-state index contributed by atoms with van der Waals surface area (Å²) in [6.07, 6.45) is 0.797. The van der Waals surface area contributed by atoms with E-state index in [2.05, 4.69) is 0 Å². The first-order chi connectivity index (χ1) is 3.48. The monoisotopic (exact) mass is 132 g/mol. The van der Waals surface area contributed by atoms with Crippen LogP contribution in [0.2, 0.25) is 0 Å². The maximum Gasteiger partial charge on any atom is 0.111 e. The van der Waals surface area contributed by atoms with Crippen LogP contribution >= 0.6 is 12.6 Å². The van der Waals surface area contributed by atoms with Crippen molar-refractivity contribution >= 4 is 12.6 Å². The molecule has 0 aromatic carbocycles. The molecule has 2 radical (unpaired) electrons. The van der Waals surface area contributed by atoms with Crippen LogP contribution in [0.15, 0.2) is 0 Å². The molecule has 0 fully saturated rings. The fourth-order valence-corrected chi connectivity index (χ4v) is 0.492. The van der Waals surface area contributed by atoms with Crippen LogP contribution in [-0.2, 0) is 5.11 Å². The second-order valence-electron chi connectivity index (χ2n) is 2.50. The van der Waals surface area contributed by atoms with Crippen molar-refractivity contribution in [3.63, 3.8) is 0 Å². The van der Waals surface area contributed by atoms with E-state index < -0.39 is 5.60 Å². The highest BCUT2D eigenvalue weighted by Gasteiger charge is 2.23. The highest BCUT2D eigenvalue weighted by molar-refractivity contribution is 7.81. The molecule has 0 bridgehead atoms. The minimum absolute atomic E-state index is 0.123. The van der Waals surface area contributed by atoms with Crippen LogP contribution in [0.25, 0.3) is 0 Å². The standard InChI is InChI=1S/C6H12OS/c1-4-5(8)6(2,3)7/h5H,4H2,1-3H3. The summed E-state index contributed by atoms with van der Waals surface area (Å²) in [5, 5.41) is 10.8. The predicted octanol–water partition coefficient (Wildman–Crippen LogP) is 2.17. The van der Waals surface area contributed by atoms with Gasteiger partial charge in [0, 0.05) is 5.25 Å². The zero-order valence-corrected chi connectivity index (χ0v) is 6.42. The molecule has 0 amide bonds. The second kappa shape index (κ2) is 2.74. The molecule has 0 heterocycles. The Balaban J connectivity index is 3.62. The zero-order chi connectivity index (χ0) is 6.78. The summed E-state index contributed by atoms with van der Waals surface area (Å²) in [4.78, 5) is 0. The van der Waals surface area contributed by atoms with E-state index in [1.54, 1.807) is 13.8 Å². The van der Waals surface area contributed by atoms with Gasteiger partial charge in [-0.2, -0.15) is 0 Å². The average Bonchev–Trinajstić information content (AvgIpc) is 1.62. The fourth-order valence-electron chi connectivity index (χ4n) is 0.492. The quantitative estimate of drug-likeness (QED) is 0.548. The molecule has 1 atom stereocenters. The van der Waals surface area contributed by atoms with Gasteiger partial charge in [0.1, 0.15) is 5.60 Å². The van der Waals surface area contributed by atoms with Gasteiger partial charge in [-0.3, -0.25) is 0 Å². The van der Waals surface area contributed by atoms with Crippen LogP contribution in [0.1, 0.15) is 27.2 Å². The topological polar surface area (TPSA) is 19.9 Å². The van der Waals surface area contributed by atoms with Crippen molar-refractivity contribution < 1.29 is 5.11 Å². The van der Waals surface area contributed by atoms with Gasteiger partial charge >= 0.3 is 0 Å². The van der Waals surface area contributed by atoms with Crippen LogP contribution < -0.4 is 0 Å². The van der Waals surface area contributed by atoms with E-state index in [0.29, 0.717) is 0 Å². The number of rotatable bonds is 2. The third-order valence-corrected chi connectivity index (χ3v) is 2.05. The van der Waals surface area contributed by atoms with Crippen LogP contribution in [0.4, 0.5) is 0 Å². The molecule has 0 aliphatic rings. The van der Waals surface area contributed by atoms with Gasteiger partial charge in [0.25, 0.3) is 0 Å². The van der Waals surface area contributed by atoms with Crippen molar-refractivity contribution in [1.82, 2.24) is 0 Å². The summed E-state index contributed by atoms with van der Waals surface area (Å²) in [7, 11) is 0. The van der Waals surface area contributed by atoms with Gasteiger partial charge < -0.3 is 0 Å². The Morgan fingerprint density at radius 2 is 2.00 bits per heavy atom. The van der Waals surface area contributed by atoms with Gasteiger partial charge in [-0.1, -0.05) is 19.6 Å². The summed E-state index contributed by atoms with van der Waals surface area (Å²) in [5.41, 5.74) is -0.927. The Morgan fingerprint density at radius 1 is 1.62 bits per heavy atom. The molecule has 0 rings (SSSR count). The molecule has 0 saturated heterocycles. The van der Waals surface area contributed by atoms with E-state index in [1.165, 1.54) is 0 Å². The minimum atomic E-state index is -0.927. The highest BCUT2D eigenvalue weighted by atomic mass is 32.1. The van der Waals surface area contributed by atoms with Gasteiger partial charge in [0.2, 0.25) is 0 Å². The fraction of sp³-hybridized carbons (Fsp3) is 1.00. The van der Waals surface area contributed by atoms with Crippen molar-refractivity contribution in [2.24, 2.45) is 0 Å². The number of hydrogen-bond acceptors (Lipinski definition) is 0. The Labute approximate surface area is 56.5 Å². The molecule has 0 aliphatic carbocycles. The largest absolute Gasteiger partial charge is 0.229 e. The van der Waals surface area contributed by atoms with E-state index in [1.807, 2.05) is 6.92 Å². The molecule has 48 valence electrons. The molecule has 1 nitrogen and oxygen atoms in total. The van der Waals surface area contributed by atoms with E-state index in [9.17, 15) is 5.11 Å². The minimum Gasteiger partial charge on any atom is -0.229 e. The van der Waals surface area contributed by atoms with E-state index in [4.69, 9.17) is 12.6 Å². The molecule has 0 N–H and O–H groups in total. The first-order valence-electron chi connectivity index (χ1n) is 2.84. The second-order valence-corrected chi connectivity index (χ2v) is 3.07. The maximum absolute atomic E-state index is 10.9. The molecule has 0 saturated carbocycles. The zero-order valence-electron chi connectivity index (χ0n) is 5.60. The molecule has 0 aromatic rings. The molecule has 8 heavy (non-hydrogen) atoms. The van der Waals surface area contributed by atoms with Crippen molar-refractivity contribution in [2.75, 3.05) is 0 Å². The van der Waals surface area contributed by atoms with Crippen LogP contribution in [0, 0.1) is 0 Å². The van der Waals surface area contributed by atoms with Crippen LogP contribution in [0.5, 0.6) is 0 Å². The third-order valence-electron chi connectivity index (χ3n) is 1.15. The molecule has 1 unspecified atom stereocenters. The van der Waals surface area contributed by atoms with Crippen LogP contribution in [0.3, 0.4) is 0 Å². The molecular weight excluding hydrogens is 120 g/mol. The van der Waals surface area contributed by atoms with Crippen molar-refractivity contribution in [3.05, 3.63) is 0 Å². The third kappa shape index (κ3) is 2.58. The lowest BCUT2D eigenvalue weighted by molar-refractivity contribution is 0.00237. The smallest absolute Gasteiger partial charge is 0.111 e. The van der Waals surface area contributed by atoms with Gasteiger partial charge in [-0.15, -0.1) is 0 Å². The van der Waals surface area contributed by atoms with Gasteiger partial charge in [-0.25, -0.2) is 5.11 Å².